The maximum Gasteiger partial charge on any atom is 0.327 e. The van der Waals surface area contributed by atoms with Gasteiger partial charge >= 0.3 is 5.97 Å². The van der Waals surface area contributed by atoms with E-state index < -0.39 is 5.97 Å². The first kappa shape index (κ1) is 18.6. The first-order valence-electron chi connectivity index (χ1n) is 7.04. The van der Waals surface area contributed by atoms with Crippen LogP contribution in [0.3, 0.4) is 0 Å². The van der Waals surface area contributed by atoms with Gasteiger partial charge in [-0.05, 0) is 0 Å². The van der Waals surface area contributed by atoms with Gasteiger partial charge in [0.2, 0.25) is 0 Å². The van der Waals surface area contributed by atoms with Crippen LogP contribution in [-0.2, 0) is 4.79 Å². The van der Waals surface area contributed by atoms with E-state index in [2.05, 4.69) is 20.4 Å². The van der Waals surface area contributed by atoms with Gasteiger partial charge in [-0.1, -0.05) is 84.6 Å². The molecule has 0 aliphatic heterocycles. The molecule has 0 fully saturated rings. The maximum absolute atomic E-state index is 9.25. The number of carbonyl (C=O) groups is 1. The van der Waals surface area contributed by atoms with Crippen molar-refractivity contribution in [3.05, 3.63) is 12.7 Å². The van der Waals surface area contributed by atoms with Crippen molar-refractivity contribution in [2.24, 2.45) is 0 Å². The van der Waals surface area contributed by atoms with Gasteiger partial charge in [0.05, 0.1) is 0 Å². The van der Waals surface area contributed by atoms with Crippen LogP contribution in [0.25, 0.3) is 0 Å². The van der Waals surface area contributed by atoms with E-state index in [1.807, 2.05) is 0 Å². The second-order valence-electron chi connectivity index (χ2n) is 4.37. The van der Waals surface area contributed by atoms with E-state index in [1.54, 1.807) is 0 Å². The molecule has 17 heavy (non-hydrogen) atoms. The first-order valence-corrected chi connectivity index (χ1v) is 7.04. The van der Waals surface area contributed by atoms with E-state index in [4.69, 9.17) is 5.11 Å². The van der Waals surface area contributed by atoms with Crippen LogP contribution in [0.5, 0.6) is 0 Å². The lowest BCUT2D eigenvalue weighted by Gasteiger charge is -1.99. The smallest absolute Gasteiger partial charge is 0.327 e. The van der Waals surface area contributed by atoms with Gasteiger partial charge in [-0.15, -0.1) is 0 Å². The molecule has 2 heteroatoms. The molecule has 0 unspecified atom stereocenters. The molecule has 0 saturated heterocycles. The van der Waals surface area contributed by atoms with Gasteiger partial charge in [0.25, 0.3) is 0 Å². The van der Waals surface area contributed by atoms with Gasteiger partial charge in [0.15, 0.2) is 0 Å². The summed E-state index contributed by atoms with van der Waals surface area (Å²) in [6, 6.07) is 0. The lowest BCUT2D eigenvalue weighted by molar-refractivity contribution is -0.131. The minimum absolute atomic E-state index is 0.833. The van der Waals surface area contributed by atoms with Crippen molar-refractivity contribution in [2.45, 2.75) is 78.1 Å². The normalized spacial score (nSPS) is 9.29. The maximum atomic E-state index is 9.25. The Morgan fingerprint density at radius 3 is 1.29 bits per heavy atom. The molecule has 0 aromatic rings. The molecule has 2 nitrogen and oxygen atoms in total. The summed E-state index contributed by atoms with van der Waals surface area (Å²) in [6.07, 6.45) is 15.3. The summed E-state index contributed by atoms with van der Waals surface area (Å²) in [5.74, 6) is -0.981. The average molecular weight is 242 g/mol. The predicted molar refractivity (Wildman–Crippen MR) is 75.4 cm³/mol. The molecule has 1 N–H and O–H groups in total. The number of carboxylic acids is 1. The molecule has 0 radical (unpaired) electrons. The summed E-state index contributed by atoms with van der Waals surface area (Å²) in [4.78, 5) is 9.25. The summed E-state index contributed by atoms with van der Waals surface area (Å²) >= 11 is 0. The first-order chi connectivity index (χ1) is 8.18. The molecule has 102 valence electrons. The molecule has 0 heterocycles. The summed E-state index contributed by atoms with van der Waals surface area (Å²) in [7, 11) is 0. The van der Waals surface area contributed by atoms with E-state index in [0.29, 0.717) is 0 Å². The summed E-state index contributed by atoms with van der Waals surface area (Å²) in [5, 5.41) is 7.60. The Morgan fingerprint density at radius 2 is 1.12 bits per heavy atom. The number of rotatable bonds is 10. The van der Waals surface area contributed by atoms with E-state index >= 15 is 0 Å². The molecule has 0 atom stereocenters. The topological polar surface area (TPSA) is 37.3 Å². The molecule has 0 aliphatic carbocycles. The Balaban J connectivity index is 0. The monoisotopic (exact) mass is 242 g/mol. The molecule has 0 rings (SSSR count). The van der Waals surface area contributed by atoms with Gasteiger partial charge < -0.3 is 5.11 Å². The Kier molecular flexibility index (Phi) is 19.2. The molecular formula is C15H30O2. The SMILES string of the molecule is C=CC(=O)O.CCCCCCCCCCCC. The third kappa shape index (κ3) is 25.5. The quantitative estimate of drug-likeness (QED) is 0.423. The standard InChI is InChI=1S/C12H26.C3H4O2/c1-3-5-7-9-11-12-10-8-6-4-2;1-2-3(4)5/h3-12H2,1-2H3;2H,1H2,(H,4,5). The van der Waals surface area contributed by atoms with Gasteiger partial charge in [-0.25, -0.2) is 4.79 Å². The molecule has 0 aromatic carbocycles. The number of carboxylic acid groups (broad SMARTS) is 1. The predicted octanol–water partition coefficient (Wildman–Crippen LogP) is 5.18. The lowest BCUT2D eigenvalue weighted by atomic mass is 10.1. The van der Waals surface area contributed by atoms with Crippen LogP contribution in [0.4, 0.5) is 0 Å². The summed E-state index contributed by atoms with van der Waals surface area (Å²) in [5.41, 5.74) is 0. The van der Waals surface area contributed by atoms with Gasteiger partial charge in [-0.3, -0.25) is 0 Å². The third-order valence-corrected chi connectivity index (χ3v) is 2.63. The van der Waals surface area contributed by atoms with Crippen LogP contribution in [0.2, 0.25) is 0 Å². The van der Waals surface area contributed by atoms with E-state index in [1.165, 1.54) is 64.2 Å². The number of hydrogen-bond donors (Lipinski definition) is 1. The Labute approximate surface area is 107 Å². The zero-order valence-corrected chi connectivity index (χ0v) is 11.7. The molecule has 0 amide bonds. The Bertz CT molecular complexity index is 154. The molecule has 0 saturated carbocycles. The van der Waals surface area contributed by atoms with Crippen LogP contribution >= 0.6 is 0 Å². The van der Waals surface area contributed by atoms with Crippen LogP contribution in [0.1, 0.15) is 78.1 Å². The Hall–Kier alpha value is -0.790. The van der Waals surface area contributed by atoms with Gasteiger partial charge in [0.1, 0.15) is 0 Å². The zero-order valence-electron chi connectivity index (χ0n) is 11.7. The second kappa shape index (κ2) is 17.6. The van der Waals surface area contributed by atoms with Crippen molar-refractivity contribution < 1.29 is 9.90 Å². The molecule has 0 aromatic heterocycles. The number of unbranched alkanes of at least 4 members (excludes halogenated alkanes) is 9. The molecule has 0 spiro atoms. The van der Waals surface area contributed by atoms with Crippen molar-refractivity contribution in [1.82, 2.24) is 0 Å². The van der Waals surface area contributed by atoms with E-state index in [9.17, 15) is 4.79 Å². The van der Waals surface area contributed by atoms with Crippen LogP contribution < -0.4 is 0 Å². The minimum Gasteiger partial charge on any atom is -0.478 e. The number of aliphatic carboxylic acids is 1. The van der Waals surface area contributed by atoms with Crippen LogP contribution in [-0.4, -0.2) is 11.1 Å². The molecular weight excluding hydrogens is 212 g/mol. The fraction of sp³-hybridized carbons (Fsp3) is 0.800. The van der Waals surface area contributed by atoms with Gasteiger partial charge in [-0.2, -0.15) is 0 Å². The van der Waals surface area contributed by atoms with E-state index in [0.717, 1.165) is 6.08 Å². The highest BCUT2D eigenvalue weighted by Gasteiger charge is 1.90. The van der Waals surface area contributed by atoms with Crippen molar-refractivity contribution in [1.29, 1.82) is 0 Å². The fourth-order valence-corrected chi connectivity index (χ4v) is 1.56. The van der Waals surface area contributed by atoms with Crippen LogP contribution in [0, 0.1) is 0 Å². The third-order valence-electron chi connectivity index (χ3n) is 2.63. The highest BCUT2D eigenvalue weighted by Crippen LogP contribution is 2.09. The Morgan fingerprint density at radius 1 is 0.882 bits per heavy atom. The number of hydrogen-bond acceptors (Lipinski definition) is 1. The molecule has 0 aliphatic rings. The van der Waals surface area contributed by atoms with Gasteiger partial charge in [0, 0.05) is 6.08 Å². The largest absolute Gasteiger partial charge is 0.478 e. The van der Waals surface area contributed by atoms with Crippen LogP contribution in [0.15, 0.2) is 12.7 Å². The molecule has 0 bridgehead atoms. The van der Waals surface area contributed by atoms with Crippen molar-refractivity contribution in [2.75, 3.05) is 0 Å². The zero-order chi connectivity index (χ0) is 13.4. The fourth-order valence-electron chi connectivity index (χ4n) is 1.56. The van der Waals surface area contributed by atoms with Crippen molar-refractivity contribution in [3.8, 4) is 0 Å². The van der Waals surface area contributed by atoms with Crippen molar-refractivity contribution in [3.63, 3.8) is 0 Å². The summed E-state index contributed by atoms with van der Waals surface area (Å²) < 4.78 is 0. The minimum atomic E-state index is -0.981. The average Bonchev–Trinajstić information content (AvgIpc) is 2.33. The lowest BCUT2D eigenvalue weighted by Crippen LogP contribution is -1.82. The highest BCUT2D eigenvalue weighted by molar-refractivity contribution is 5.78. The van der Waals surface area contributed by atoms with Crippen molar-refractivity contribution >= 4 is 5.97 Å². The highest BCUT2D eigenvalue weighted by atomic mass is 16.4. The summed E-state index contributed by atoms with van der Waals surface area (Å²) in [6.45, 7) is 7.52. The van der Waals surface area contributed by atoms with E-state index in [-0.39, 0.29) is 0 Å². The second-order valence-corrected chi connectivity index (χ2v) is 4.37.